The van der Waals surface area contributed by atoms with Crippen molar-refractivity contribution in [3.05, 3.63) is 33.8 Å². The van der Waals surface area contributed by atoms with Gasteiger partial charge in [-0.25, -0.2) is 0 Å². The van der Waals surface area contributed by atoms with Crippen LogP contribution in [0.3, 0.4) is 0 Å². The van der Waals surface area contributed by atoms with E-state index in [1.165, 1.54) is 0 Å². The highest BCUT2D eigenvalue weighted by Gasteiger charge is 2.41. The number of ether oxygens (including phenoxy) is 1. The zero-order chi connectivity index (χ0) is 15.7. The predicted octanol–water partition coefficient (Wildman–Crippen LogP) is 3.96. The second kappa shape index (κ2) is 6.86. The van der Waals surface area contributed by atoms with Crippen LogP contribution in [0.4, 0.5) is 0 Å². The molecule has 0 unspecified atom stereocenters. The van der Waals surface area contributed by atoms with E-state index in [2.05, 4.69) is 15.9 Å². The summed E-state index contributed by atoms with van der Waals surface area (Å²) in [6.45, 7) is 3.71. The molecule has 4 atom stereocenters. The molecule has 3 nitrogen and oxygen atoms in total. The fourth-order valence-corrected chi connectivity index (χ4v) is 3.60. The number of hydrogen-bond donors (Lipinski definition) is 1. The van der Waals surface area contributed by atoms with Gasteiger partial charge in [-0.1, -0.05) is 35.0 Å². The lowest BCUT2D eigenvalue weighted by Gasteiger charge is -2.29. The third-order valence-corrected chi connectivity index (χ3v) is 5.35. The van der Waals surface area contributed by atoms with Crippen molar-refractivity contribution in [3.63, 3.8) is 0 Å². The average molecular weight is 396 g/mol. The van der Waals surface area contributed by atoms with E-state index in [0.29, 0.717) is 6.42 Å². The van der Waals surface area contributed by atoms with E-state index < -0.39 is 23.0 Å². The standard InChI is InChI=1S/C15H17BrCl2O3/c1-7-6-11(21-15(7)20)13(19)12(14(17)18)9-4-3-5-10(16)8(9)2/h3-5,7,11-14,19H,6H2,1-2H3/t7-,11-,12-,13-/m0/s1. The molecule has 2 rings (SSSR count). The maximum Gasteiger partial charge on any atom is 0.309 e. The topological polar surface area (TPSA) is 46.5 Å². The number of aliphatic hydroxyl groups excluding tert-OH is 1. The SMILES string of the molecule is Cc1c(Br)cccc1[C@H](C(Cl)Cl)[C@@H](O)[C@@H]1C[C@H](C)C(=O)O1. The molecule has 0 aliphatic carbocycles. The van der Waals surface area contributed by atoms with Crippen molar-refractivity contribution in [1.29, 1.82) is 0 Å². The van der Waals surface area contributed by atoms with Crippen LogP contribution < -0.4 is 0 Å². The Morgan fingerprint density at radius 1 is 1.43 bits per heavy atom. The third kappa shape index (κ3) is 3.55. The first kappa shape index (κ1) is 17.1. The van der Waals surface area contributed by atoms with Crippen molar-refractivity contribution in [2.75, 3.05) is 0 Å². The zero-order valence-electron chi connectivity index (χ0n) is 11.7. The highest BCUT2D eigenvalue weighted by molar-refractivity contribution is 9.10. The lowest BCUT2D eigenvalue weighted by Crippen LogP contribution is -2.35. The first-order valence-corrected chi connectivity index (χ1v) is 8.41. The molecule has 0 aromatic heterocycles. The molecule has 6 heteroatoms. The molecule has 1 aliphatic rings. The number of alkyl halides is 2. The molecule has 1 N–H and O–H groups in total. The maximum atomic E-state index is 11.5. The molecule has 0 radical (unpaired) electrons. The molecule has 0 saturated carbocycles. The van der Waals surface area contributed by atoms with E-state index >= 15 is 0 Å². The Hall–Kier alpha value is -0.290. The highest BCUT2D eigenvalue weighted by atomic mass is 79.9. The molecular formula is C15H17BrCl2O3. The summed E-state index contributed by atoms with van der Waals surface area (Å²) in [6.07, 6.45) is -1.04. The van der Waals surface area contributed by atoms with Crippen LogP contribution in [0, 0.1) is 12.8 Å². The largest absolute Gasteiger partial charge is 0.459 e. The summed E-state index contributed by atoms with van der Waals surface area (Å²) < 4.78 is 6.16. The van der Waals surface area contributed by atoms with Gasteiger partial charge in [-0.3, -0.25) is 4.79 Å². The molecule has 116 valence electrons. The lowest BCUT2D eigenvalue weighted by atomic mass is 9.87. The van der Waals surface area contributed by atoms with Crippen LogP contribution in [0.5, 0.6) is 0 Å². The van der Waals surface area contributed by atoms with E-state index in [1.54, 1.807) is 6.92 Å². The number of aliphatic hydroxyl groups is 1. The normalized spacial score (nSPS) is 25.0. The Bertz CT molecular complexity index is 536. The minimum atomic E-state index is -0.938. The number of hydrogen-bond acceptors (Lipinski definition) is 3. The molecule has 0 bridgehead atoms. The monoisotopic (exact) mass is 394 g/mol. The van der Waals surface area contributed by atoms with Crippen LogP contribution in [-0.2, 0) is 9.53 Å². The molecule has 1 aliphatic heterocycles. The highest BCUT2D eigenvalue weighted by Crippen LogP contribution is 2.38. The van der Waals surface area contributed by atoms with E-state index in [1.807, 2.05) is 25.1 Å². The van der Waals surface area contributed by atoms with Gasteiger partial charge in [0.25, 0.3) is 0 Å². The summed E-state index contributed by atoms with van der Waals surface area (Å²) in [5.74, 6) is -1.02. The van der Waals surface area contributed by atoms with Crippen LogP contribution in [0.15, 0.2) is 22.7 Å². The van der Waals surface area contributed by atoms with Gasteiger partial charge in [0.2, 0.25) is 0 Å². The van der Waals surface area contributed by atoms with Crippen LogP contribution >= 0.6 is 39.1 Å². The van der Waals surface area contributed by atoms with Gasteiger partial charge < -0.3 is 9.84 Å². The van der Waals surface area contributed by atoms with Gasteiger partial charge in [0, 0.05) is 10.4 Å². The van der Waals surface area contributed by atoms with Gasteiger partial charge in [0.1, 0.15) is 17.0 Å². The van der Waals surface area contributed by atoms with Gasteiger partial charge in [0.05, 0.1) is 5.92 Å². The molecule has 1 aromatic rings. The predicted molar refractivity (Wildman–Crippen MR) is 86.8 cm³/mol. The second-order valence-electron chi connectivity index (χ2n) is 5.42. The van der Waals surface area contributed by atoms with E-state index in [0.717, 1.165) is 15.6 Å². The summed E-state index contributed by atoms with van der Waals surface area (Å²) in [5.41, 5.74) is 1.81. The summed E-state index contributed by atoms with van der Waals surface area (Å²) >= 11 is 15.7. The van der Waals surface area contributed by atoms with E-state index in [4.69, 9.17) is 27.9 Å². The Balaban J connectivity index is 2.31. The van der Waals surface area contributed by atoms with Crippen molar-refractivity contribution in [1.82, 2.24) is 0 Å². The van der Waals surface area contributed by atoms with Crippen LogP contribution in [0.2, 0.25) is 0 Å². The van der Waals surface area contributed by atoms with Gasteiger partial charge in [0.15, 0.2) is 0 Å². The summed E-state index contributed by atoms with van der Waals surface area (Å²) in [6, 6.07) is 5.66. The first-order valence-electron chi connectivity index (χ1n) is 6.74. The molecule has 21 heavy (non-hydrogen) atoms. The van der Waals surface area contributed by atoms with E-state index in [-0.39, 0.29) is 11.9 Å². The number of rotatable bonds is 4. The quantitative estimate of drug-likeness (QED) is 0.619. The summed E-state index contributed by atoms with van der Waals surface area (Å²) in [5, 5.41) is 10.6. The fourth-order valence-electron chi connectivity index (χ4n) is 2.65. The van der Waals surface area contributed by atoms with Gasteiger partial charge >= 0.3 is 5.97 Å². The van der Waals surface area contributed by atoms with Crippen molar-refractivity contribution >= 4 is 45.1 Å². The van der Waals surface area contributed by atoms with Gasteiger partial charge in [-0.15, -0.1) is 23.2 Å². The number of carbonyl (C=O) groups is 1. The molecule has 1 aromatic carbocycles. The average Bonchev–Trinajstić information content (AvgIpc) is 2.74. The molecule has 0 amide bonds. The van der Waals surface area contributed by atoms with Gasteiger partial charge in [-0.05, 0) is 30.5 Å². The summed E-state index contributed by atoms with van der Waals surface area (Å²) in [7, 11) is 0. The summed E-state index contributed by atoms with van der Waals surface area (Å²) in [4.78, 5) is 10.7. The van der Waals surface area contributed by atoms with Crippen molar-refractivity contribution in [2.24, 2.45) is 5.92 Å². The minimum absolute atomic E-state index is 0.210. The number of benzene rings is 1. The smallest absolute Gasteiger partial charge is 0.309 e. The second-order valence-corrected chi connectivity index (χ2v) is 7.44. The third-order valence-electron chi connectivity index (χ3n) is 3.94. The molecular weight excluding hydrogens is 379 g/mol. The van der Waals surface area contributed by atoms with Crippen molar-refractivity contribution < 1.29 is 14.6 Å². The number of cyclic esters (lactones) is 1. The minimum Gasteiger partial charge on any atom is -0.459 e. The Morgan fingerprint density at radius 2 is 2.10 bits per heavy atom. The Labute approximate surface area is 142 Å². The molecule has 0 spiro atoms. The van der Waals surface area contributed by atoms with Crippen LogP contribution in [-0.4, -0.2) is 28.1 Å². The molecule has 1 saturated heterocycles. The fraction of sp³-hybridized carbons (Fsp3) is 0.533. The van der Waals surface area contributed by atoms with Crippen LogP contribution in [0.1, 0.15) is 30.4 Å². The molecule has 1 heterocycles. The lowest BCUT2D eigenvalue weighted by molar-refractivity contribution is -0.148. The Kier molecular flexibility index (Phi) is 5.58. The first-order chi connectivity index (χ1) is 9.82. The van der Waals surface area contributed by atoms with Crippen LogP contribution in [0.25, 0.3) is 0 Å². The van der Waals surface area contributed by atoms with Gasteiger partial charge in [-0.2, -0.15) is 0 Å². The molecule has 1 fully saturated rings. The van der Waals surface area contributed by atoms with Crippen molar-refractivity contribution in [3.8, 4) is 0 Å². The number of esters is 1. The maximum absolute atomic E-state index is 11.5. The number of halogens is 3. The Morgan fingerprint density at radius 3 is 2.62 bits per heavy atom. The van der Waals surface area contributed by atoms with Crippen molar-refractivity contribution in [2.45, 2.75) is 43.2 Å². The zero-order valence-corrected chi connectivity index (χ0v) is 14.8. The van der Waals surface area contributed by atoms with E-state index in [9.17, 15) is 9.90 Å². The number of carbonyl (C=O) groups excluding carboxylic acids is 1.